The van der Waals surface area contributed by atoms with Gasteiger partial charge in [-0.05, 0) is 106 Å². The van der Waals surface area contributed by atoms with Crippen LogP contribution in [0.15, 0.2) is 91.4 Å². The maximum atomic E-state index is 11.7. The number of aromatic amines is 4. The number of imidazole rings is 3. The highest BCUT2D eigenvalue weighted by Crippen LogP contribution is 2.34. The minimum absolute atomic E-state index is 0.00720. The summed E-state index contributed by atoms with van der Waals surface area (Å²) >= 11 is 0. The van der Waals surface area contributed by atoms with E-state index in [2.05, 4.69) is 79.4 Å². The molecule has 3 amide bonds. The number of carbonyl (C=O) groups is 3. The van der Waals surface area contributed by atoms with E-state index in [-0.39, 0.29) is 17.7 Å². The van der Waals surface area contributed by atoms with E-state index in [0.717, 1.165) is 90.4 Å². The van der Waals surface area contributed by atoms with Crippen LogP contribution < -0.4 is 17.2 Å². The van der Waals surface area contributed by atoms with E-state index in [1.807, 2.05) is 75.5 Å². The zero-order valence-electron chi connectivity index (χ0n) is 44.3. The number of pyridine rings is 3. The van der Waals surface area contributed by atoms with Crippen LogP contribution in [0.1, 0.15) is 83.8 Å². The largest absolute Gasteiger partial charge is 0.382 e. The molecule has 0 aliphatic heterocycles. The molecule has 1 aliphatic rings. The Morgan fingerprint density at radius 2 is 1.04 bits per heavy atom. The van der Waals surface area contributed by atoms with Gasteiger partial charge in [0.2, 0.25) is 17.7 Å². The lowest BCUT2D eigenvalue weighted by Crippen LogP contribution is -2.28. The van der Waals surface area contributed by atoms with Crippen LogP contribution in [0.25, 0.3) is 88.3 Å². The average molecular weight is 1050 g/mol. The van der Waals surface area contributed by atoms with Gasteiger partial charge in [-0.1, -0.05) is 18.2 Å². The molecule has 0 bridgehead atoms. The molecule has 0 atom stereocenters. The summed E-state index contributed by atoms with van der Waals surface area (Å²) in [7, 11) is 0. The monoisotopic (exact) mass is 1050 g/mol. The number of aromatic nitrogens is 13. The number of hydrogen-bond acceptors (Lipinski definition) is 14. The number of nitrogens with one attached hydrogen (secondary N) is 4. The predicted molar refractivity (Wildman–Crippen MR) is 304 cm³/mol. The van der Waals surface area contributed by atoms with Crippen molar-refractivity contribution in [2.45, 2.75) is 80.4 Å². The average Bonchev–Trinajstić information content (AvgIpc) is 4.37. The summed E-state index contributed by atoms with van der Waals surface area (Å²) in [5.74, 6) is 3.35. The smallest absolute Gasteiger partial charge is 0.219 e. The number of nitrogens with zero attached hydrogens (tertiary/aromatic N) is 12. The summed E-state index contributed by atoms with van der Waals surface area (Å²) in [6.07, 6.45) is 11.1. The lowest BCUT2D eigenvalue weighted by molar-refractivity contribution is -0.130. The van der Waals surface area contributed by atoms with Gasteiger partial charge in [0.1, 0.15) is 68.0 Å². The predicted octanol–water partition coefficient (Wildman–Crippen LogP) is 8.33. The molecule has 10 N–H and O–H groups in total. The number of rotatable bonds is 12. The summed E-state index contributed by atoms with van der Waals surface area (Å²) in [5, 5.41) is 13.9. The van der Waals surface area contributed by atoms with Gasteiger partial charge in [-0.3, -0.25) is 19.5 Å². The lowest BCUT2D eigenvalue weighted by Gasteiger charge is -2.16. The van der Waals surface area contributed by atoms with Crippen LogP contribution in [0.3, 0.4) is 0 Å². The SMILES string of the molecule is CCN(Cc1nc2c([nH]1)c(N)nc1cc(-c3ccn[nH]3)ccc12)C(C)=O.CCN(Cc1nc2c([nH]1)c(N)nc1cc(-n3cccn3)ccc12)C(C)=O.CCN(Cc1nc2c([nH]1)c(N)nc1cc(C3=CCCC3)ccc12)C(C)=O. The van der Waals surface area contributed by atoms with Crippen LogP contribution in [-0.4, -0.2) is 117 Å². The Kier molecular flexibility index (Phi) is 14.5. The number of nitrogen functional groups attached to an aromatic ring is 3. The van der Waals surface area contributed by atoms with E-state index in [4.69, 9.17) is 22.2 Å². The van der Waals surface area contributed by atoms with Crippen molar-refractivity contribution < 1.29 is 14.4 Å². The maximum Gasteiger partial charge on any atom is 0.219 e. The van der Waals surface area contributed by atoms with E-state index in [0.29, 0.717) is 79.4 Å². The van der Waals surface area contributed by atoms with Crippen LogP contribution in [0.5, 0.6) is 0 Å². The van der Waals surface area contributed by atoms with Gasteiger partial charge in [-0.15, -0.1) is 0 Å². The van der Waals surface area contributed by atoms with E-state index in [9.17, 15) is 14.4 Å². The van der Waals surface area contributed by atoms with E-state index in [1.54, 1.807) is 52.5 Å². The van der Waals surface area contributed by atoms with Crippen molar-refractivity contribution in [3.05, 3.63) is 114 Å². The van der Waals surface area contributed by atoms with Crippen LogP contribution >= 0.6 is 0 Å². The number of allylic oxidation sites excluding steroid dienone is 2. The van der Waals surface area contributed by atoms with Gasteiger partial charge >= 0.3 is 0 Å². The number of nitrogens with two attached hydrogens (primary N) is 3. The normalized spacial score (nSPS) is 12.3. The van der Waals surface area contributed by atoms with Gasteiger partial charge in [0.25, 0.3) is 0 Å². The fourth-order valence-electron chi connectivity index (χ4n) is 9.81. The summed E-state index contributed by atoms with van der Waals surface area (Å²) in [4.78, 5) is 77.5. The van der Waals surface area contributed by atoms with E-state index >= 15 is 0 Å². The summed E-state index contributed by atoms with van der Waals surface area (Å²) in [6, 6.07) is 21.9. The van der Waals surface area contributed by atoms with Gasteiger partial charge in [0, 0.05) is 80.7 Å². The quantitative estimate of drug-likeness (QED) is 0.0605. The minimum atomic E-state index is 0.00720. The molecule has 0 radical (unpaired) electrons. The van der Waals surface area contributed by atoms with Crippen molar-refractivity contribution in [3.8, 4) is 16.9 Å². The fourth-order valence-corrected chi connectivity index (χ4v) is 9.81. The first-order valence-corrected chi connectivity index (χ1v) is 25.9. The number of benzene rings is 3. The Balaban J connectivity index is 0.000000132. The molecular formula is C56H61N19O3. The van der Waals surface area contributed by atoms with Crippen molar-refractivity contribution >= 4 is 107 Å². The van der Waals surface area contributed by atoms with Gasteiger partial charge in [-0.25, -0.2) is 34.6 Å². The van der Waals surface area contributed by atoms with Crippen LogP contribution in [0, 0.1) is 0 Å². The molecule has 398 valence electrons. The second-order valence-corrected chi connectivity index (χ2v) is 19.0. The fraction of sp³-hybridized carbons (Fsp3) is 0.268. The molecule has 1 aliphatic carbocycles. The third-order valence-corrected chi connectivity index (χ3v) is 14.0. The zero-order valence-corrected chi connectivity index (χ0v) is 44.3. The Bertz CT molecular complexity index is 3880. The van der Waals surface area contributed by atoms with Gasteiger partial charge in [0.05, 0.1) is 47.6 Å². The molecule has 8 heterocycles. The Labute approximate surface area is 447 Å². The molecule has 0 unspecified atom stereocenters. The molecule has 0 saturated heterocycles. The van der Waals surface area contributed by atoms with Crippen molar-refractivity contribution in [2.75, 3.05) is 36.8 Å². The van der Waals surface area contributed by atoms with Gasteiger partial charge < -0.3 is 46.9 Å². The number of amides is 3. The minimum Gasteiger partial charge on any atom is -0.382 e. The van der Waals surface area contributed by atoms with E-state index in [1.165, 1.54) is 17.6 Å². The van der Waals surface area contributed by atoms with Crippen molar-refractivity contribution in [2.24, 2.45) is 0 Å². The molecule has 0 spiro atoms. The molecule has 0 saturated carbocycles. The molecule has 78 heavy (non-hydrogen) atoms. The third kappa shape index (κ3) is 10.5. The van der Waals surface area contributed by atoms with Gasteiger partial charge in [-0.2, -0.15) is 10.2 Å². The first-order valence-electron chi connectivity index (χ1n) is 25.9. The number of anilines is 3. The van der Waals surface area contributed by atoms with Crippen LogP contribution in [0.4, 0.5) is 17.5 Å². The highest BCUT2D eigenvalue weighted by Gasteiger charge is 2.20. The van der Waals surface area contributed by atoms with Crippen molar-refractivity contribution in [1.82, 2.24) is 79.5 Å². The van der Waals surface area contributed by atoms with Crippen molar-refractivity contribution in [1.29, 1.82) is 0 Å². The van der Waals surface area contributed by atoms with Gasteiger partial charge in [0.15, 0.2) is 0 Å². The molecule has 8 aromatic heterocycles. The molecule has 0 fully saturated rings. The Hall–Kier alpha value is -9.73. The van der Waals surface area contributed by atoms with E-state index < -0.39 is 0 Å². The summed E-state index contributed by atoms with van der Waals surface area (Å²) in [5.41, 5.74) is 30.7. The number of fused-ring (bicyclic) bond motifs is 9. The van der Waals surface area contributed by atoms with Crippen molar-refractivity contribution in [3.63, 3.8) is 0 Å². The second-order valence-electron chi connectivity index (χ2n) is 19.0. The second kappa shape index (κ2) is 21.9. The maximum absolute atomic E-state index is 11.7. The molecule has 12 rings (SSSR count). The Morgan fingerprint density at radius 1 is 0.577 bits per heavy atom. The highest BCUT2D eigenvalue weighted by atomic mass is 16.2. The molecule has 3 aromatic carbocycles. The molecular weight excluding hydrogens is 987 g/mol. The van der Waals surface area contributed by atoms with Crippen LogP contribution in [-0.2, 0) is 34.0 Å². The summed E-state index contributed by atoms with van der Waals surface area (Å²) in [6.45, 7) is 13.6. The topological polar surface area (TPSA) is 310 Å². The third-order valence-electron chi connectivity index (χ3n) is 14.0. The first-order chi connectivity index (χ1) is 37.7. The lowest BCUT2D eigenvalue weighted by atomic mass is 10.0. The number of H-pyrrole nitrogens is 4. The summed E-state index contributed by atoms with van der Waals surface area (Å²) < 4.78 is 1.77. The molecule has 11 aromatic rings. The van der Waals surface area contributed by atoms with Crippen LogP contribution in [0.2, 0.25) is 0 Å². The zero-order chi connectivity index (χ0) is 54.8. The molecule has 22 nitrogen and oxygen atoms in total. The highest BCUT2D eigenvalue weighted by molar-refractivity contribution is 6.09. The molecule has 22 heteroatoms. The standard InChI is InChI=1S/C20H23N5O.2C18H19N7O/c1-3-25(12(2)26)11-17-23-18-15-9-8-14(13-6-4-5-7-13)10-16(15)22-20(21)19(18)24-17;1-3-24(11(2)26)10-15-22-16-13-6-5-12(25-8-4-7-20-25)9-14(13)21-18(19)17(16)23-15;1-3-25(10(2)26)9-15-22-16-12-5-4-11(13-6-7-20-24-13)8-14(12)21-18(19)17(16)23-15/h6,8-10H,3-5,7,11H2,1-2H3,(H2,21,22)(H,23,24);4-9H,3,10H2,1-2H3,(H2,19,21)(H,22,23);4-8H,3,9H2,1-2H3,(H2,19,21)(H,20,24)(H,22,23). The number of carbonyl (C=O) groups excluding carboxylic acids is 3. The Morgan fingerprint density at radius 3 is 1.45 bits per heavy atom. The first kappa shape index (κ1) is 51.7. The number of hydrogen-bond donors (Lipinski definition) is 7.